The van der Waals surface area contributed by atoms with Crippen LogP contribution in [-0.4, -0.2) is 43.9 Å². The largest absolute Gasteiger partial charge is 0.497 e. The number of nitrogens with zero attached hydrogens (tertiary/aromatic N) is 1. The Morgan fingerprint density at radius 1 is 1.21 bits per heavy atom. The molecule has 1 aromatic carbocycles. The lowest BCUT2D eigenvalue weighted by atomic mass is 10.1. The van der Waals surface area contributed by atoms with Crippen LogP contribution in [-0.2, 0) is 5.60 Å². The molecule has 2 rings (SSSR count). The molecule has 0 radical (unpaired) electrons. The monoisotopic (exact) mass is 519 g/mol. The Bertz CT molecular complexity index is 706. The summed E-state index contributed by atoms with van der Waals surface area (Å²) < 4.78 is 11.0. The quantitative estimate of drug-likeness (QED) is 0.268. The van der Waals surface area contributed by atoms with Gasteiger partial charge in [0.15, 0.2) is 5.96 Å². The lowest BCUT2D eigenvalue weighted by Crippen LogP contribution is -2.42. The Morgan fingerprint density at radius 2 is 1.89 bits per heavy atom. The van der Waals surface area contributed by atoms with Crippen LogP contribution in [0.1, 0.15) is 25.6 Å². The molecule has 1 heterocycles. The number of nitrogens with one attached hydrogen (secondary N) is 2. The van der Waals surface area contributed by atoms with Gasteiger partial charge in [0.05, 0.1) is 20.2 Å². The van der Waals surface area contributed by atoms with E-state index in [1.54, 1.807) is 14.0 Å². The highest BCUT2D eigenvalue weighted by Crippen LogP contribution is 2.25. The summed E-state index contributed by atoms with van der Waals surface area (Å²) in [6.07, 6.45) is -0.0555. The first kappa shape index (κ1) is 24.5. The van der Waals surface area contributed by atoms with Crippen LogP contribution < -0.4 is 20.1 Å². The highest BCUT2D eigenvalue weighted by molar-refractivity contribution is 14.0. The minimum Gasteiger partial charge on any atom is -0.497 e. The molecule has 0 aliphatic rings. The van der Waals surface area contributed by atoms with Gasteiger partial charge in [-0.2, -0.15) is 0 Å². The molecule has 8 heteroatoms. The van der Waals surface area contributed by atoms with E-state index in [4.69, 9.17) is 9.47 Å². The van der Waals surface area contributed by atoms with Gasteiger partial charge in [0, 0.05) is 11.4 Å². The summed E-state index contributed by atoms with van der Waals surface area (Å²) in [5.74, 6) is 2.24. The molecule has 0 saturated carbocycles. The average molecular weight is 519 g/mol. The first-order valence-corrected chi connectivity index (χ1v) is 9.92. The van der Waals surface area contributed by atoms with Crippen molar-refractivity contribution in [1.82, 2.24) is 10.6 Å². The summed E-state index contributed by atoms with van der Waals surface area (Å²) in [6, 6.07) is 11.4. The summed E-state index contributed by atoms with van der Waals surface area (Å²) in [5, 5.41) is 19.0. The molecule has 3 N–H and O–H groups in total. The molecule has 6 nitrogen and oxygen atoms in total. The zero-order valence-corrected chi connectivity index (χ0v) is 19.9. The van der Waals surface area contributed by atoms with E-state index >= 15 is 0 Å². The number of hydrogen-bond acceptors (Lipinski definition) is 5. The summed E-state index contributed by atoms with van der Waals surface area (Å²) in [7, 11) is 1.64. The summed E-state index contributed by atoms with van der Waals surface area (Å²) in [6.45, 7) is 7.37. The van der Waals surface area contributed by atoms with E-state index in [0.717, 1.165) is 22.9 Å². The summed E-state index contributed by atoms with van der Waals surface area (Å²) in [4.78, 5) is 5.42. The normalized spacial score (nSPS) is 14.4. The van der Waals surface area contributed by atoms with Gasteiger partial charge in [-0.25, -0.2) is 4.99 Å². The van der Waals surface area contributed by atoms with Crippen LogP contribution in [0.25, 0.3) is 0 Å². The molecule has 0 aliphatic heterocycles. The highest BCUT2D eigenvalue weighted by atomic mass is 127. The van der Waals surface area contributed by atoms with Gasteiger partial charge in [-0.15, -0.1) is 35.3 Å². The van der Waals surface area contributed by atoms with Crippen LogP contribution in [0.5, 0.6) is 11.5 Å². The van der Waals surface area contributed by atoms with Gasteiger partial charge < -0.3 is 25.2 Å². The maximum Gasteiger partial charge on any atom is 0.191 e. The van der Waals surface area contributed by atoms with Crippen molar-refractivity contribution in [2.45, 2.75) is 32.5 Å². The second kappa shape index (κ2) is 12.1. The number of thiophene rings is 1. The van der Waals surface area contributed by atoms with Gasteiger partial charge in [0.25, 0.3) is 0 Å². The fourth-order valence-corrected chi connectivity index (χ4v) is 3.19. The van der Waals surface area contributed by atoms with E-state index in [9.17, 15) is 5.11 Å². The van der Waals surface area contributed by atoms with E-state index in [1.807, 2.05) is 55.6 Å². The van der Waals surface area contributed by atoms with Gasteiger partial charge in [0.1, 0.15) is 23.2 Å². The topological polar surface area (TPSA) is 75.1 Å². The third kappa shape index (κ3) is 7.84. The van der Waals surface area contributed by atoms with Crippen LogP contribution in [0.4, 0.5) is 0 Å². The molecule has 0 amide bonds. The zero-order chi connectivity index (χ0) is 19.7. The first-order valence-electron chi connectivity index (χ1n) is 9.04. The van der Waals surface area contributed by atoms with Crippen molar-refractivity contribution >= 4 is 41.3 Å². The third-order valence-corrected chi connectivity index (χ3v) is 5.02. The molecule has 2 unspecified atom stereocenters. The van der Waals surface area contributed by atoms with Crippen LogP contribution in [0.2, 0.25) is 0 Å². The number of aliphatic imine (C=N–C) groups is 1. The molecule has 0 fully saturated rings. The third-order valence-electron chi connectivity index (χ3n) is 3.89. The molecule has 0 aliphatic carbocycles. The Kier molecular flexibility index (Phi) is 10.6. The Morgan fingerprint density at radius 3 is 2.46 bits per heavy atom. The average Bonchev–Trinajstić information content (AvgIpc) is 3.20. The van der Waals surface area contributed by atoms with Crippen LogP contribution in [0.3, 0.4) is 0 Å². The predicted octanol–water partition coefficient (Wildman–Crippen LogP) is 3.60. The number of aliphatic hydroxyl groups is 1. The summed E-state index contributed by atoms with van der Waals surface area (Å²) in [5.41, 5.74) is -0.984. The number of guanidine groups is 1. The van der Waals surface area contributed by atoms with Crippen molar-refractivity contribution in [2.24, 2.45) is 4.99 Å². The Labute approximate surface area is 188 Å². The number of methoxy groups -OCH3 is 1. The van der Waals surface area contributed by atoms with Crippen molar-refractivity contribution in [3.63, 3.8) is 0 Å². The number of hydrogen-bond donors (Lipinski definition) is 3. The fraction of sp³-hybridized carbons (Fsp3) is 0.450. The van der Waals surface area contributed by atoms with E-state index in [2.05, 4.69) is 15.6 Å². The lowest BCUT2D eigenvalue weighted by molar-refractivity contribution is 0.0711. The maximum absolute atomic E-state index is 10.6. The smallest absolute Gasteiger partial charge is 0.191 e. The Hall–Kier alpha value is -1.52. The second-order valence-electron chi connectivity index (χ2n) is 6.43. The molecule has 156 valence electrons. The van der Waals surface area contributed by atoms with E-state index in [-0.39, 0.29) is 36.6 Å². The number of ether oxygens (including phenoxy) is 2. The highest BCUT2D eigenvalue weighted by Gasteiger charge is 2.24. The van der Waals surface area contributed by atoms with Crippen molar-refractivity contribution in [2.75, 3.05) is 26.7 Å². The van der Waals surface area contributed by atoms with Crippen molar-refractivity contribution in [3.8, 4) is 11.5 Å². The fourth-order valence-electron chi connectivity index (χ4n) is 2.41. The predicted molar refractivity (Wildman–Crippen MR) is 126 cm³/mol. The second-order valence-corrected chi connectivity index (χ2v) is 7.38. The zero-order valence-electron chi connectivity index (χ0n) is 16.8. The van der Waals surface area contributed by atoms with Crippen molar-refractivity contribution in [3.05, 3.63) is 46.7 Å². The lowest BCUT2D eigenvalue weighted by Gasteiger charge is -2.21. The SMILES string of the molecule is CCNC(=NCC(C)(O)c1cccs1)NCC(C)Oc1ccc(OC)cc1.I. The number of benzene rings is 1. The maximum atomic E-state index is 10.6. The number of rotatable bonds is 9. The number of halogens is 1. The van der Waals surface area contributed by atoms with Crippen LogP contribution >= 0.6 is 35.3 Å². The molecule has 0 bridgehead atoms. The molecule has 0 saturated heterocycles. The minimum atomic E-state index is -0.984. The van der Waals surface area contributed by atoms with Crippen LogP contribution in [0, 0.1) is 0 Å². The minimum absolute atomic E-state index is 0. The summed E-state index contributed by atoms with van der Waals surface area (Å²) >= 11 is 1.53. The van der Waals surface area contributed by atoms with Gasteiger partial charge in [-0.05, 0) is 56.5 Å². The Balaban J connectivity index is 0.00000392. The van der Waals surface area contributed by atoms with E-state index in [1.165, 1.54) is 11.3 Å². The van der Waals surface area contributed by atoms with Gasteiger partial charge in [-0.3, -0.25) is 0 Å². The van der Waals surface area contributed by atoms with Gasteiger partial charge >= 0.3 is 0 Å². The molecular weight excluding hydrogens is 489 g/mol. The van der Waals surface area contributed by atoms with Crippen molar-refractivity contribution in [1.29, 1.82) is 0 Å². The molecule has 1 aromatic heterocycles. The van der Waals surface area contributed by atoms with E-state index < -0.39 is 5.60 Å². The van der Waals surface area contributed by atoms with Gasteiger partial charge in [0.2, 0.25) is 0 Å². The molecule has 0 spiro atoms. The molecular formula is C20H30IN3O3S. The van der Waals surface area contributed by atoms with Crippen LogP contribution in [0.15, 0.2) is 46.8 Å². The molecule has 2 aromatic rings. The van der Waals surface area contributed by atoms with Gasteiger partial charge in [-0.1, -0.05) is 6.07 Å². The molecule has 2 atom stereocenters. The van der Waals surface area contributed by atoms with Crippen molar-refractivity contribution < 1.29 is 14.6 Å². The standard InChI is InChI=1S/C20H29N3O3S.HI/c1-5-21-19(23-14-20(3,24)18-7-6-12-27-18)22-13-15(2)26-17-10-8-16(25-4)9-11-17;/h6-12,15,24H,5,13-14H2,1-4H3,(H2,21,22,23);1H. The molecule has 28 heavy (non-hydrogen) atoms. The van der Waals surface area contributed by atoms with E-state index in [0.29, 0.717) is 12.5 Å². The first-order chi connectivity index (χ1) is 12.9.